The summed E-state index contributed by atoms with van der Waals surface area (Å²) in [7, 11) is 0. The minimum Gasteiger partial charge on any atom is -0.470 e. The summed E-state index contributed by atoms with van der Waals surface area (Å²) in [4.78, 5) is 11.6. The summed E-state index contributed by atoms with van der Waals surface area (Å²) in [6.45, 7) is 0.237. The summed E-state index contributed by atoms with van der Waals surface area (Å²) in [6.07, 6.45) is 1.63. The second kappa shape index (κ2) is 6.93. The fourth-order valence-corrected chi connectivity index (χ4v) is 1.70. The van der Waals surface area contributed by atoms with Crippen LogP contribution in [0.2, 0.25) is 5.02 Å². The molecule has 0 atom stereocenters. The molecule has 20 heavy (non-hydrogen) atoms. The molecule has 0 unspecified atom stereocenters. The van der Waals surface area contributed by atoms with Crippen molar-refractivity contribution in [2.45, 2.75) is 6.73 Å². The Morgan fingerprint density at radius 1 is 1.40 bits per heavy atom. The first kappa shape index (κ1) is 14.4. The normalized spacial score (nSPS) is 10.3. The molecule has 106 valence electrons. The van der Waals surface area contributed by atoms with Gasteiger partial charge < -0.3 is 15.2 Å². The summed E-state index contributed by atoms with van der Waals surface area (Å²) >= 11 is 5.96. The molecule has 0 saturated heterocycles. The first-order valence-corrected chi connectivity index (χ1v) is 6.38. The third-order valence-corrected chi connectivity index (χ3v) is 2.77. The van der Waals surface area contributed by atoms with Crippen LogP contribution in [0.3, 0.4) is 0 Å². The number of carbonyl (C=O) groups excluding carboxylic acids is 1. The van der Waals surface area contributed by atoms with E-state index in [1.165, 1.54) is 4.68 Å². The van der Waals surface area contributed by atoms with Gasteiger partial charge in [0.25, 0.3) is 5.91 Å². The smallest absolute Gasteiger partial charge is 0.271 e. The maximum Gasteiger partial charge on any atom is 0.271 e. The number of aliphatic hydroxyl groups excluding tert-OH is 1. The molecular weight excluding hydrogens is 282 g/mol. The van der Waals surface area contributed by atoms with Gasteiger partial charge in [0.2, 0.25) is 0 Å². The number of hydrogen-bond acceptors (Lipinski definition) is 4. The molecule has 2 aromatic rings. The third kappa shape index (κ3) is 3.72. The van der Waals surface area contributed by atoms with E-state index in [0.717, 1.165) is 0 Å². The SMILES string of the molecule is O=C(NCCO)c1ccn(COc2ccccc2Cl)n1. The summed E-state index contributed by atoms with van der Waals surface area (Å²) < 4.78 is 6.98. The highest BCUT2D eigenvalue weighted by Gasteiger charge is 2.09. The molecule has 2 rings (SSSR count). The highest BCUT2D eigenvalue weighted by molar-refractivity contribution is 6.32. The number of carbonyl (C=O) groups is 1. The molecule has 0 radical (unpaired) electrons. The number of nitrogens with zero attached hydrogens (tertiary/aromatic N) is 2. The molecule has 1 amide bonds. The Hall–Kier alpha value is -2.05. The number of halogens is 1. The Morgan fingerprint density at radius 2 is 2.20 bits per heavy atom. The van der Waals surface area contributed by atoms with Crippen molar-refractivity contribution in [1.82, 2.24) is 15.1 Å². The predicted octanol–water partition coefficient (Wildman–Crippen LogP) is 1.30. The van der Waals surface area contributed by atoms with Crippen molar-refractivity contribution < 1.29 is 14.6 Å². The van der Waals surface area contributed by atoms with Gasteiger partial charge in [-0.05, 0) is 18.2 Å². The van der Waals surface area contributed by atoms with Crippen LogP contribution in [0.1, 0.15) is 10.5 Å². The zero-order valence-corrected chi connectivity index (χ0v) is 11.4. The zero-order chi connectivity index (χ0) is 14.4. The number of hydrogen-bond donors (Lipinski definition) is 2. The lowest BCUT2D eigenvalue weighted by Crippen LogP contribution is -2.26. The molecule has 2 N–H and O–H groups in total. The molecule has 6 nitrogen and oxygen atoms in total. The minimum absolute atomic E-state index is 0.109. The van der Waals surface area contributed by atoms with Crippen molar-refractivity contribution in [2.24, 2.45) is 0 Å². The topological polar surface area (TPSA) is 76.4 Å². The molecular formula is C13H14ClN3O3. The van der Waals surface area contributed by atoms with Crippen molar-refractivity contribution in [3.05, 3.63) is 47.2 Å². The van der Waals surface area contributed by atoms with E-state index < -0.39 is 0 Å². The summed E-state index contributed by atoms with van der Waals surface area (Å²) in [5.41, 5.74) is 0.265. The van der Waals surface area contributed by atoms with Crippen LogP contribution in [0.5, 0.6) is 5.75 Å². The first-order valence-electron chi connectivity index (χ1n) is 6.00. The second-order valence-corrected chi connectivity index (χ2v) is 4.33. The maximum absolute atomic E-state index is 11.6. The molecule has 0 aliphatic carbocycles. The monoisotopic (exact) mass is 295 g/mol. The van der Waals surface area contributed by atoms with Gasteiger partial charge in [0.15, 0.2) is 6.73 Å². The lowest BCUT2D eigenvalue weighted by molar-refractivity contribution is 0.0937. The lowest BCUT2D eigenvalue weighted by atomic mass is 10.3. The van der Waals surface area contributed by atoms with Crippen molar-refractivity contribution in [3.8, 4) is 5.75 Å². The van der Waals surface area contributed by atoms with Crippen LogP contribution in [0.4, 0.5) is 0 Å². The molecule has 1 aromatic carbocycles. The fraction of sp³-hybridized carbons (Fsp3) is 0.231. The number of para-hydroxylation sites is 1. The molecule has 0 saturated carbocycles. The van der Waals surface area contributed by atoms with E-state index in [4.69, 9.17) is 21.4 Å². The molecule has 1 aromatic heterocycles. The first-order chi connectivity index (χ1) is 9.70. The van der Waals surface area contributed by atoms with E-state index >= 15 is 0 Å². The lowest BCUT2D eigenvalue weighted by Gasteiger charge is -2.07. The van der Waals surface area contributed by atoms with Crippen molar-refractivity contribution >= 4 is 17.5 Å². The van der Waals surface area contributed by atoms with E-state index in [-0.39, 0.29) is 31.5 Å². The van der Waals surface area contributed by atoms with Crippen molar-refractivity contribution in [2.75, 3.05) is 13.2 Å². The molecule has 7 heteroatoms. The number of benzene rings is 1. The Balaban J connectivity index is 1.93. The van der Waals surface area contributed by atoms with Gasteiger partial charge in [-0.1, -0.05) is 23.7 Å². The highest BCUT2D eigenvalue weighted by Crippen LogP contribution is 2.23. The van der Waals surface area contributed by atoms with Gasteiger partial charge in [0.1, 0.15) is 11.4 Å². The van der Waals surface area contributed by atoms with E-state index in [1.54, 1.807) is 24.4 Å². The predicted molar refractivity (Wildman–Crippen MR) is 73.7 cm³/mol. The van der Waals surface area contributed by atoms with Crippen molar-refractivity contribution in [3.63, 3.8) is 0 Å². The summed E-state index contributed by atoms with van der Waals surface area (Å²) in [6, 6.07) is 8.68. The van der Waals surface area contributed by atoms with Crippen LogP contribution >= 0.6 is 11.6 Å². The number of ether oxygens (including phenoxy) is 1. The van der Waals surface area contributed by atoms with Crippen LogP contribution in [0.15, 0.2) is 36.5 Å². The van der Waals surface area contributed by atoms with Gasteiger partial charge in [-0.2, -0.15) is 5.10 Å². The van der Waals surface area contributed by atoms with E-state index in [1.807, 2.05) is 12.1 Å². The number of nitrogens with one attached hydrogen (secondary N) is 1. The standard InChI is InChI=1S/C13H14ClN3O3/c14-10-3-1-2-4-12(10)20-9-17-7-5-11(16-17)13(19)15-6-8-18/h1-5,7,18H,6,8-9H2,(H,15,19). The van der Waals surface area contributed by atoms with Crippen LogP contribution < -0.4 is 10.1 Å². The largest absolute Gasteiger partial charge is 0.470 e. The summed E-state index contributed by atoms with van der Waals surface area (Å²) in [5, 5.41) is 15.7. The Kier molecular flexibility index (Phi) is 4.97. The quantitative estimate of drug-likeness (QED) is 0.842. The Labute approximate surface area is 120 Å². The maximum atomic E-state index is 11.6. The van der Waals surface area contributed by atoms with Crippen LogP contribution in [0.25, 0.3) is 0 Å². The van der Waals surface area contributed by atoms with Crippen molar-refractivity contribution in [1.29, 1.82) is 0 Å². The Morgan fingerprint density at radius 3 is 2.95 bits per heavy atom. The zero-order valence-electron chi connectivity index (χ0n) is 10.6. The van der Waals surface area contributed by atoms with Crippen LogP contribution in [0, 0.1) is 0 Å². The number of rotatable bonds is 6. The molecule has 0 aliphatic heterocycles. The molecule has 0 fully saturated rings. The molecule has 1 heterocycles. The average Bonchev–Trinajstić information content (AvgIpc) is 2.93. The van der Waals surface area contributed by atoms with Crippen LogP contribution in [-0.4, -0.2) is 33.9 Å². The van der Waals surface area contributed by atoms with Gasteiger partial charge in [-0.25, -0.2) is 4.68 Å². The third-order valence-electron chi connectivity index (χ3n) is 2.46. The van der Waals surface area contributed by atoms with Gasteiger partial charge in [0.05, 0.1) is 11.6 Å². The van der Waals surface area contributed by atoms with E-state index in [9.17, 15) is 4.79 Å². The van der Waals surface area contributed by atoms with E-state index in [0.29, 0.717) is 10.8 Å². The number of amides is 1. The van der Waals surface area contributed by atoms with Crippen LogP contribution in [-0.2, 0) is 6.73 Å². The van der Waals surface area contributed by atoms with E-state index in [2.05, 4.69) is 10.4 Å². The number of aromatic nitrogens is 2. The van der Waals surface area contributed by atoms with Gasteiger partial charge in [0, 0.05) is 12.7 Å². The minimum atomic E-state index is -0.337. The molecule has 0 bridgehead atoms. The fourth-order valence-electron chi connectivity index (χ4n) is 1.51. The molecule has 0 aliphatic rings. The van der Waals surface area contributed by atoms with Gasteiger partial charge in [-0.3, -0.25) is 4.79 Å². The number of aliphatic hydroxyl groups is 1. The highest BCUT2D eigenvalue weighted by atomic mass is 35.5. The second-order valence-electron chi connectivity index (χ2n) is 3.92. The molecule has 0 spiro atoms. The van der Waals surface area contributed by atoms with Gasteiger partial charge in [-0.15, -0.1) is 0 Å². The summed E-state index contributed by atoms with van der Waals surface area (Å²) in [5.74, 6) is 0.214. The van der Waals surface area contributed by atoms with Gasteiger partial charge >= 0.3 is 0 Å². The average molecular weight is 296 g/mol. The Bertz CT molecular complexity index is 586.